The summed E-state index contributed by atoms with van der Waals surface area (Å²) in [6, 6.07) is 8.59. The molecule has 2 N–H and O–H groups in total. The Morgan fingerprint density at radius 2 is 2.04 bits per heavy atom. The largest absolute Gasteiger partial charge is 0.381 e. The van der Waals surface area contributed by atoms with Crippen LogP contribution in [0.4, 0.5) is 0 Å². The zero-order chi connectivity index (χ0) is 16.4. The number of carbonyl (C=O) groups is 1. The molecule has 0 bridgehead atoms. The minimum Gasteiger partial charge on any atom is -0.381 e. The third-order valence-electron chi connectivity index (χ3n) is 5.67. The van der Waals surface area contributed by atoms with E-state index in [0.717, 1.165) is 25.8 Å². The molecule has 2 atom stereocenters. The summed E-state index contributed by atoms with van der Waals surface area (Å²) in [6.07, 6.45) is 2.56. The van der Waals surface area contributed by atoms with E-state index >= 15 is 0 Å². The van der Waals surface area contributed by atoms with E-state index < -0.39 is 5.41 Å². The van der Waals surface area contributed by atoms with Crippen LogP contribution in [0, 0.1) is 12.8 Å². The van der Waals surface area contributed by atoms with Gasteiger partial charge in [0.15, 0.2) is 0 Å². The van der Waals surface area contributed by atoms with Crippen molar-refractivity contribution in [1.82, 2.24) is 4.90 Å². The van der Waals surface area contributed by atoms with E-state index in [1.807, 2.05) is 12.1 Å². The molecular weight excluding hydrogens is 288 g/mol. The second kappa shape index (κ2) is 6.62. The van der Waals surface area contributed by atoms with Gasteiger partial charge in [-0.15, -0.1) is 0 Å². The first-order valence-corrected chi connectivity index (χ1v) is 8.73. The third-order valence-corrected chi connectivity index (χ3v) is 5.67. The van der Waals surface area contributed by atoms with Gasteiger partial charge in [-0.1, -0.05) is 24.3 Å². The number of rotatable bonds is 3. The molecule has 0 saturated carbocycles. The normalized spacial score (nSPS) is 27.2. The van der Waals surface area contributed by atoms with Gasteiger partial charge >= 0.3 is 0 Å². The lowest BCUT2D eigenvalue weighted by molar-refractivity contribution is -0.142. The van der Waals surface area contributed by atoms with Crippen LogP contribution in [0.1, 0.15) is 37.3 Å². The number of hydrogen-bond donors (Lipinski definition) is 1. The molecule has 2 unspecified atom stereocenters. The first-order valence-electron chi connectivity index (χ1n) is 8.73. The van der Waals surface area contributed by atoms with E-state index in [9.17, 15) is 4.79 Å². The van der Waals surface area contributed by atoms with Gasteiger partial charge in [-0.05, 0) is 56.7 Å². The van der Waals surface area contributed by atoms with Gasteiger partial charge < -0.3 is 15.4 Å². The molecule has 23 heavy (non-hydrogen) atoms. The standard InChI is InChI=1S/C19H28N2O2/c1-14-5-3-4-6-17(14)19(7-9-23-10-8-19)18(22)21-13-16(12-20)11-15(21)2/h3-6,15-16H,7-13,20H2,1-2H3. The maximum Gasteiger partial charge on any atom is 0.233 e. The minimum atomic E-state index is -0.429. The SMILES string of the molecule is Cc1ccccc1C1(C(=O)N2CC(CN)CC2C)CCOCC1. The molecule has 0 spiro atoms. The molecule has 0 radical (unpaired) electrons. The van der Waals surface area contributed by atoms with Crippen LogP contribution in [0.2, 0.25) is 0 Å². The first kappa shape index (κ1) is 16.5. The smallest absolute Gasteiger partial charge is 0.233 e. The van der Waals surface area contributed by atoms with Crippen LogP contribution in [-0.2, 0) is 14.9 Å². The summed E-state index contributed by atoms with van der Waals surface area (Å²) in [4.78, 5) is 15.7. The quantitative estimate of drug-likeness (QED) is 0.930. The Balaban J connectivity index is 1.96. The fourth-order valence-electron chi connectivity index (χ4n) is 4.30. The van der Waals surface area contributed by atoms with Gasteiger partial charge in [0.05, 0.1) is 5.41 Å². The number of amides is 1. The fraction of sp³-hybridized carbons (Fsp3) is 0.632. The number of carbonyl (C=O) groups excluding carboxylic acids is 1. The average Bonchev–Trinajstić information content (AvgIpc) is 2.96. The molecule has 126 valence electrons. The van der Waals surface area contributed by atoms with Crippen LogP contribution < -0.4 is 5.73 Å². The molecule has 3 rings (SSSR count). The van der Waals surface area contributed by atoms with Gasteiger partial charge in [0.1, 0.15) is 0 Å². The number of nitrogens with zero attached hydrogens (tertiary/aromatic N) is 1. The number of aryl methyl sites for hydroxylation is 1. The highest BCUT2D eigenvalue weighted by Crippen LogP contribution is 2.40. The zero-order valence-corrected chi connectivity index (χ0v) is 14.3. The topological polar surface area (TPSA) is 55.6 Å². The van der Waals surface area contributed by atoms with E-state index in [-0.39, 0.29) is 11.9 Å². The molecule has 4 nitrogen and oxygen atoms in total. The van der Waals surface area contributed by atoms with Crippen molar-refractivity contribution in [3.8, 4) is 0 Å². The molecule has 4 heteroatoms. The average molecular weight is 316 g/mol. The summed E-state index contributed by atoms with van der Waals surface area (Å²) in [5.74, 6) is 0.710. The maximum absolute atomic E-state index is 13.6. The van der Waals surface area contributed by atoms with Gasteiger partial charge in [-0.3, -0.25) is 4.79 Å². The molecule has 1 amide bonds. The number of ether oxygens (including phenoxy) is 1. The van der Waals surface area contributed by atoms with Crippen molar-refractivity contribution in [2.24, 2.45) is 11.7 Å². The van der Waals surface area contributed by atoms with Crippen molar-refractivity contribution in [1.29, 1.82) is 0 Å². The summed E-state index contributed by atoms with van der Waals surface area (Å²) < 4.78 is 5.58. The Kier molecular flexibility index (Phi) is 4.74. The second-order valence-corrected chi connectivity index (χ2v) is 7.15. The Hall–Kier alpha value is -1.39. The molecule has 0 aromatic heterocycles. The number of likely N-dealkylation sites (tertiary alicyclic amines) is 1. The Morgan fingerprint density at radius 1 is 1.35 bits per heavy atom. The molecular formula is C19H28N2O2. The highest BCUT2D eigenvalue weighted by molar-refractivity contribution is 5.89. The van der Waals surface area contributed by atoms with Crippen LogP contribution >= 0.6 is 0 Å². The van der Waals surface area contributed by atoms with Crippen LogP contribution in [0.25, 0.3) is 0 Å². The number of hydrogen-bond acceptors (Lipinski definition) is 3. The van der Waals surface area contributed by atoms with Crippen molar-refractivity contribution in [3.05, 3.63) is 35.4 Å². The first-order chi connectivity index (χ1) is 11.1. The second-order valence-electron chi connectivity index (χ2n) is 7.15. The summed E-state index contributed by atoms with van der Waals surface area (Å²) in [5.41, 5.74) is 7.79. The Labute approximate surface area is 139 Å². The van der Waals surface area contributed by atoms with Gasteiger partial charge in [-0.2, -0.15) is 0 Å². The zero-order valence-electron chi connectivity index (χ0n) is 14.3. The van der Waals surface area contributed by atoms with E-state index in [1.165, 1.54) is 11.1 Å². The van der Waals surface area contributed by atoms with Crippen LogP contribution in [0.5, 0.6) is 0 Å². The summed E-state index contributed by atoms with van der Waals surface area (Å²) in [7, 11) is 0. The molecule has 2 aliphatic heterocycles. The monoisotopic (exact) mass is 316 g/mol. The van der Waals surface area contributed by atoms with Gasteiger partial charge in [0, 0.05) is 25.8 Å². The van der Waals surface area contributed by atoms with Gasteiger partial charge in [0.2, 0.25) is 5.91 Å². The molecule has 2 aliphatic rings. The number of nitrogens with two attached hydrogens (primary N) is 1. The molecule has 0 aliphatic carbocycles. The Morgan fingerprint density at radius 3 is 2.65 bits per heavy atom. The molecule has 2 fully saturated rings. The fourth-order valence-corrected chi connectivity index (χ4v) is 4.30. The van der Waals surface area contributed by atoms with Crippen molar-refractivity contribution in [2.75, 3.05) is 26.3 Å². The molecule has 1 aromatic rings. The predicted octanol–water partition coefficient (Wildman–Crippen LogP) is 2.24. The van der Waals surface area contributed by atoms with Crippen molar-refractivity contribution in [3.63, 3.8) is 0 Å². The van der Waals surface area contributed by atoms with Gasteiger partial charge in [0.25, 0.3) is 0 Å². The predicted molar refractivity (Wildman–Crippen MR) is 91.2 cm³/mol. The van der Waals surface area contributed by atoms with Gasteiger partial charge in [-0.25, -0.2) is 0 Å². The summed E-state index contributed by atoms with van der Waals surface area (Å²) >= 11 is 0. The van der Waals surface area contributed by atoms with Crippen molar-refractivity contribution >= 4 is 5.91 Å². The van der Waals surface area contributed by atoms with Crippen molar-refractivity contribution < 1.29 is 9.53 Å². The molecule has 2 heterocycles. The number of benzene rings is 1. The van der Waals surface area contributed by atoms with Crippen LogP contribution in [-0.4, -0.2) is 43.2 Å². The summed E-state index contributed by atoms with van der Waals surface area (Å²) in [5, 5.41) is 0. The van der Waals surface area contributed by atoms with Crippen LogP contribution in [0.15, 0.2) is 24.3 Å². The Bertz CT molecular complexity index is 566. The highest BCUT2D eigenvalue weighted by Gasteiger charge is 2.47. The highest BCUT2D eigenvalue weighted by atomic mass is 16.5. The lowest BCUT2D eigenvalue weighted by Gasteiger charge is -2.41. The molecule has 1 aromatic carbocycles. The minimum absolute atomic E-state index is 0.276. The lowest BCUT2D eigenvalue weighted by atomic mass is 9.71. The maximum atomic E-state index is 13.6. The van der Waals surface area contributed by atoms with E-state index in [1.54, 1.807) is 0 Å². The van der Waals surface area contributed by atoms with E-state index in [2.05, 4.69) is 30.9 Å². The molecule has 2 saturated heterocycles. The van der Waals surface area contributed by atoms with Crippen LogP contribution in [0.3, 0.4) is 0 Å². The summed E-state index contributed by atoms with van der Waals surface area (Å²) in [6.45, 7) is 7.03. The lowest BCUT2D eigenvalue weighted by Crippen LogP contribution is -2.51. The van der Waals surface area contributed by atoms with E-state index in [0.29, 0.717) is 25.7 Å². The van der Waals surface area contributed by atoms with Crippen molar-refractivity contribution in [2.45, 2.75) is 44.6 Å². The third kappa shape index (κ3) is 2.90. The van der Waals surface area contributed by atoms with E-state index in [4.69, 9.17) is 10.5 Å².